The van der Waals surface area contributed by atoms with Gasteiger partial charge in [-0.2, -0.15) is 4.68 Å². The number of anilines is 1. The fraction of sp³-hybridized carbons (Fsp3) is 0.750. The van der Waals surface area contributed by atoms with Crippen molar-refractivity contribution in [1.82, 2.24) is 14.7 Å². The Morgan fingerprint density at radius 1 is 1.36 bits per heavy atom. The van der Waals surface area contributed by atoms with E-state index in [-0.39, 0.29) is 11.6 Å². The van der Waals surface area contributed by atoms with Crippen LogP contribution in [0.15, 0.2) is 0 Å². The summed E-state index contributed by atoms with van der Waals surface area (Å²) in [5.41, 5.74) is 1.77. The number of rotatable bonds is 4. The van der Waals surface area contributed by atoms with Gasteiger partial charge in [-0.15, -0.1) is 5.10 Å². The molecule has 0 fully saturated rings. The molecule has 1 aliphatic rings. The molecule has 1 aromatic rings. The van der Waals surface area contributed by atoms with Crippen molar-refractivity contribution < 1.29 is 9.53 Å². The molecular formula is C16H28N4O2. The third-order valence-corrected chi connectivity index (χ3v) is 4.10. The third kappa shape index (κ3) is 2.72. The molecule has 2 rings (SSSR count). The summed E-state index contributed by atoms with van der Waals surface area (Å²) in [5, 5.41) is 7.84. The van der Waals surface area contributed by atoms with Crippen molar-refractivity contribution >= 4 is 11.9 Å². The first-order valence-electron chi connectivity index (χ1n) is 8.02. The molecule has 1 aliphatic heterocycles. The molecule has 1 N–H and O–H groups in total. The van der Waals surface area contributed by atoms with E-state index < -0.39 is 6.09 Å². The van der Waals surface area contributed by atoms with Crippen molar-refractivity contribution in [2.75, 3.05) is 11.9 Å². The van der Waals surface area contributed by atoms with Crippen LogP contribution < -0.4 is 5.32 Å². The van der Waals surface area contributed by atoms with Gasteiger partial charge in [0.05, 0.1) is 17.8 Å². The largest absolute Gasteiger partial charge is 0.448 e. The first-order chi connectivity index (χ1) is 10.2. The van der Waals surface area contributed by atoms with Crippen molar-refractivity contribution in [1.29, 1.82) is 0 Å². The zero-order chi connectivity index (χ0) is 16.7. The minimum Gasteiger partial charge on any atom is -0.448 e. The molecular weight excluding hydrogens is 280 g/mol. The second-order valence-corrected chi connectivity index (χ2v) is 6.87. The number of fused-ring (bicyclic) bond motifs is 1. The number of carbonyl (C=O) groups excluding carboxylic acids is 1. The minimum atomic E-state index is -0.408. The molecule has 6 nitrogen and oxygen atoms in total. The van der Waals surface area contributed by atoms with Crippen molar-refractivity contribution in [2.45, 2.75) is 72.6 Å². The smallest absolute Gasteiger partial charge is 0.435 e. The van der Waals surface area contributed by atoms with Crippen LogP contribution in [0.2, 0.25) is 0 Å². The number of hydrogen-bond acceptors (Lipinski definition) is 5. The van der Waals surface area contributed by atoms with E-state index in [1.807, 2.05) is 0 Å². The summed E-state index contributed by atoms with van der Waals surface area (Å²) in [6.07, 6.45) is -0.408. The molecule has 124 valence electrons. The number of nitrogens with one attached hydrogen (secondary N) is 1. The Balaban J connectivity index is 2.54. The normalized spacial score (nSPS) is 17.1. The quantitative estimate of drug-likeness (QED) is 0.926. The van der Waals surface area contributed by atoms with Crippen molar-refractivity contribution in [3.05, 3.63) is 11.3 Å². The zero-order valence-electron chi connectivity index (χ0n) is 14.7. The highest BCUT2D eigenvalue weighted by Gasteiger charge is 2.45. The lowest BCUT2D eigenvalue weighted by Gasteiger charge is -2.35. The average Bonchev–Trinajstić information content (AvgIpc) is 2.86. The fourth-order valence-corrected chi connectivity index (χ4v) is 3.27. The number of carbonyl (C=O) groups is 1. The fourth-order valence-electron chi connectivity index (χ4n) is 3.27. The van der Waals surface area contributed by atoms with Gasteiger partial charge in [-0.25, -0.2) is 4.79 Å². The van der Waals surface area contributed by atoms with Crippen LogP contribution >= 0.6 is 0 Å². The van der Waals surface area contributed by atoms with Crippen LogP contribution in [0.25, 0.3) is 0 Å². The topological polar surface area (TPSA) is 59.4 Å². The highest BCUT2D eigenvalue weighted by Crippen LogP contribution is 2.43. The van der Waals surface area contributed by atoms with Gasteiger partial charge in [0.15, 0.2) is 5.82 Å². The lowest BCUT2D eigenvalue weighted by atomic mass is 9.99. The van der Waals surface area contributed by atoms with Gasteiger partial charge in [-0.05, 0) is 48.5 Å². The summed E-state index contributed by atoms with van der Waals surface area (Å²) in [4.78, 5) is 14.7. The second kappa shape index (κ2) is 5.91. The molecule has 0 aliphatic carbocycles. The standard InChI is InChI=1S/C16H28N4O2/c1-8-22-15(21)20-13-12(14(18-20)17-10(2)3)9-19(11(4)5)16(13,6)7/h10-11H,8-9H2,1-7H3,(H,17,18). The van der Waals surface area contributed by atoms with Crippen LogP contribution in [-0.4, -0.2) is 39.5 Å². The van der Waals surface area contributed by atoms with E-state index in [1.54, 1.807) is 6.92 Å². The van der Waals surface area contributed by atoms with E-state index in [2.05, 4.69) is 56.9 Å². The van der Waals surface area contributed by atoms with E-state index >= 15 is 0 Å². The summed E-state index contributed by atoms with van der Waals surface area (Å²) in [6.45, 7) is 15.7. The van der Waals surface area contributed by atoms with Crippen LogP contribution in [0.3, 0.4) is 0 Å². The molecule has 0 amide bonds. The average molecular weight is 308 g/mol. The molecule has 0 aromatic carbocycles. The van der Waals surface area contributed by atoms with Gasteiger partial charge in [-0.3, -0.25) is 4.90 Å². The van der Waals surface area contributed by atoms with Crippen molar-refractivity contribution in [3.63, 3.8) is 0 Å². The monoisotopic (exact) mass is 308 g/mol. The van der Waals surface area contributed by atoms with Crippen LogP contribution in [0.1, 0.15) is 59.7 Å². The Labute approximate surface area is 132 Å². The Morgan fingerprint density at radius 2 is 2.00 bits per heavy atom. The van der Waals surface area contributed by atoms with Gasteiger partial charge in [0.25, 0.3) is 0 Å². The number of nitrogens with zero attached hydrogens (tertiary/aromatic N) is 3. The Kier molecular flexibility index (Phi) is 4.52. The highest BCUT2D eigenvalue weighted by molar-refractivity contribution is 5.73. The van der Waals surface area contributed by atoms with Gasteiger partial charge in [0.1, 0.15) is 0 Å². The molecule has 2 heterocycles. The maximum absolute atomic E-state index is 12.3. The van der Waals surface area contributed by atoms with E-state index in [1.165, 1.54) is 4.68 Å². The highest BCUT2D eigenvalue weighted by atomic mass is 16.6. The molecule has 22 heavy (non-hydrogen) atoms. The second-order valence-electron chi connectivity index (χ2n) is 6.87. The first kappa shape index (κ1) is 16.8. The van der Waals surface area contributed by atoms with Gasteiger partial charge in [0.2, 0.25) is 0 Å². The summed E-state index contributed by atoms with van der Waals surface area (Å²) >= 11 is 0. The summed E-state index contributed by atoms with van der Waals surface area (Å²) < 4.78 is 6.61. The van der Waals surface area contributed by atoms with Crippen molar-refractivity contribution in [3.8, 4) is 0 Å². The molecule has 0 saturated heterocycles. The Bertz CT molecular complexity index is 561. The molecule has 0 spiro atoms. The van der Waals surface area contributed by atoms with E-state index in [9.17, 15) is 4.79 Å². The molecule has 0 unspecified atom stereocenters. The molecule has 0 saturated carbocycles. The molecule has 1 aromatic heterocycles. The van der Waals surface area contributed by atoms with Gasteiger partial charge >= 0.3 is 6.09 Å². The molecule has 0 radical (unpaired) electrons. The maximum atomic E-state index is 12.3. The van der Waals surface area contributed by atoms with E-state index in [0.717, 1.165) is 23.6 Å². The molecule has 0 atom stereocenters. The first-order valence-corrected chi connectivity index (χ1v) is 8.02. The minimum absolute atomic E-state index is 0.255. The number of aromatic nitrogens is 2. The van der Waals surface area contributed by atoms with E-state index in [0.29, 0.717) is 12.6 Å². The maximum Gasteiger partial charge on any atom is 0.435 e. The Hall–Kier alpha value is -1.56. The number of hydrogen-bond donors (Lipinski definition) is 1. The predicted octanol–water partition coefficient (Wildman–Crippen LogP) is 3.17. The lowest BCUT2D eigenvalue weighted by Crippen LogP contribution is -2.42. The van der Waals surface area contributed by atoms with E-state index in [4.69, 9.17) is 4.74 Å². The van der Waals surface area contributed by atoms with Crippen LogP contribution in [0, 0.1) is 0 Å². The van der Waals surface area contributed by atoms with Crippen molar-refractivity contribution in [2.24, 2.45) is 0 Å². The summed E-state index contributed by atoms with van der Waals surface area (Å²) in [5.74, 6) is 0.786. The SMILES string of the molecule is CCOC(=O)n1nc(NC(C)C)c2c1C(C)(C)N(C(C)C)C2. The number of ether oxygens (including phenoxy) is 1. The molecule has 6 heteroatoms. The Morgan fingerprint density at radius 3 is 2.50 bits per heavy atom. The third-order valence-electron chi connectivity index (χ3n) is 4.10. The lowest BCUT2D eigenvalue weighted by molar-refractivity contribution is 0.0886. The van der Waals surface area contributed by atoms with Gasteiger partial charge < -0.3 is 10.1 Å². The van der Waals surface area contributed by atoms with Crippen LogP contribution in [0.5, 0.6) is 0 Å². The summed E-state index contributed by atoms with van der Waals surface area (Å²) in [6, 6.07) is 0.635. The van der Waals surface area contributed by atoms with Gasteiger partial charge in [-0.1, -0.05) is 0 Å². The summed E-state index contributed by atoms with van der Waals surface area (Å²) in [7, 11) is 0. The predicted molar refractivity (Wildman–Crippen MR) is 87.1 cm³/mol. The van der Waals surface area contributed by atoms with Gasteiger partial charge in [0, 0.05) is 24.2 Å². The van der Waals surface area contributed by atoms with Crippen LogP contribution in [0.4, 0.5) is 10.6 Å². The van der Waals surface area contributed by atoms with Crippen LogP contribution in [-0.2, 0) is 16.8 Å². The zero-order valence-corrected chi connectivity index (χ0v) is 14.7. The molecule has 0 bridgehead atoms.